The Labute approximate surface area is 180 Å². The summed E-state index contributed by atoms with van der Waals surface area (Å²) in [7, 11) is 0. The Morgan fingerprint density at radius 2 is 1.83 bits per heavy atom. The Bertz CT molecular complexity index is 639. The first-order valence-corrected chi connectivity index (χ1v) is 12.5. The van der Waals surface area contributed by atoms with E-state index in [1.54, 1.807) is 5.57 Å². The molecule has 0 aromatic heterocycles. The maximum Gasteiger partial charge on any atom is 0.0583 e. The van der Waals surface area contributed by atoms with Crippen molar-refractivity contribution < 1.29 is 5.11 Å². The second-order valence-corrected chi connectivity index (χ2v) is 11.3. The average Bonchev–Trinajstić information content (AvgIpc) is 3.04. The smallest absolute Gasteiger partial charge is 0.0583 e. The molecule has 6 atom stereocenters. The van der Waals surface area contributed by atoms with E-state index in [9.17, 15) is 5.11 Å². The van der Waals surface area contributed by atoms with Crippen molar-refractivity contribution in [3.8, 4) is 0 Å². The zero-order valence-corrected chi connectivity index (χ0v) is 19.8. The van der Waals surface area contributed by atoms with Gasteiger partial charge in [0.25, 0.3) is 0 Å². The molecule has 0 bridgehead atoms. The van der Waals surface area contributed by atoms with Gasteiger partial charge in [-0.05, 0) is 91.9 Å². The Morgan fingerprint density at radius 3 is 2.55 bits per heavy atom. The van der Waals surface area contributed by atoms with Gasteiger partial charge >= 0.3 is 0 Å². The largest absolute Gasteiger partial charge is 0.393 e. The molecule has 0 amide bonds. The number of rotatable bonds is 6. The van der Waals surface area contributed by atoms with Crippen molar-refractivity contribution >= 4 is 0 Å². The van der Waals surface area contributed by atoms with Crippen molar-refractivity contribution in [1.82, 2.24) is 0 Å². The lowest BCUT2D eigenvalue weighted by Crippen LogP contribution is -2.36. The van der Waals surface area contributed by atoms with Crippen LogP contribution in [0.5, 0.6) is 0 Å². The van der Waals surface area contributed by atoms with Crippen LogP contribution >= 0.6 is 0 Å². The van der Waals surface area contributed by atoms with Crippen molar-refractivity contribution in [3.05, 3.63) is 35.5 Å². The van der Waals surface area contributed by atoms with Crippen LogP contribution < -0.4 is 0 Å². The first-order valence-electron chi connectivity index (χ1n) is 12.5. The van der Waals surface area contributed by atoms with Gasteiger partial charge in [-0.3, -0.25) is 0 Å². The molecule has 29 heavy (non-hydrogen) atoms. The maximum atomic E-state index is 10.0. The lowest BCUT2D eigenvalue weighted by molar-refractivity contribution is 0.0907. The van der Waals surface area contributed by atoms with Crippen molar-refractivity contribution in [2.45, 2.75) is 105 Å². The van der Waals surface area contributed by atoms with Gasteiger partial charge < -0.3 is 5.11 Å². The first kappa shape index (κ1) is 22.9. The first-order chi connectivity index (χ1) is 13.7. The predicted molar refractivity (Wildman–Crippen MR) is 126 cm³/mol. The number of aliphatic hydroxyl groups is 1. The highest BCUT2D eigenvalue weighted by Gasteiger charge is 2.50. The van der Waals surface area contributed by atoms with Crippen molar-refractivity contribution in [1.29, 1.82) is 0 Å². The van der Waals surface area contributed by atoms with E-state index in [4.69, 9.17) is 0 Å². The summed E-state index contributed by atoms with van der Waals surface area (Å²) in [6.07, 6.45) is 16.8. The van der Waals surface area contributed by atoms with E-state index in [1.165, 1.54) is 56.1 Å². The summed E-state index contributed by atoms with van der Waals surface area (Å²) >= 11 is 0. The normalized spacial score (nSPS) is 37.9. The molecule has 164 valence electrons. The van der Waals surface area contributed by atoms with Gasteiger partial charge in [0.2, 0.25) is 0 Å². The van der Waals surface area contributed by atoms with Gasteiger partial charge in [-0.25, -0.2) is 0 Å². The topological polar surface area (TPSA) is 20.2 Å². The molecule has 0 aromatic rings. The van der Waals surface area contributed by atoms with E-state index in [2.05, 4.69) is 53.3 Å². The minimum Gasteiger partial charge on any atom is -0.393 e. The van der Waals surface area contributed by atoms with Crippen LogP contribution in [0.25, 0.3) is 0 Å². The number of aliphatic hydroxyl groups excluding tert-OH is 1. The third kappa shape index (κ3) is 5.09. The highest BCUT2D eigenvalue weighted by atomic mass is 16.3. The zero-order chi connectivity index (χ0) is 21.2. The summed E-state index contributed by atoms with van der Waals surface area (Å²) in [4.78, 5) is 0. The molecule has 0 aliphatic heterocycles. The number of hydrogen-bond acceptors (Lipinski definition) is 1. The molecule has 1 N–H and O–H groups in total. The molecule has 1 heteroatoms. The Hall–Kier alpha value is -0.820. The van der Waals surface area contributed by atoms with Crippen LogP contribution in [0, 0.1) is 35.0 Å². The van der Waals surface area contributed by atoms with Crippen LogP contribution in [0.2, 0.25) is 0 Å². The predicted octanol–water partition coefficient (Wildman–Crippen LogP) is 7.87. The summed E-state index contributed by atoms with van der Waals surface area (Å²) in [6, 6.07) is 0. The fourth-order valence-corrected chi connectivity index (χ4v) is 6.67. The summed E-state index contributed by atoms with van der Waals surface area (Å²) in [5.74, 6) is 4.14. The quantitative estimate of drug-likeness (QED) is 0.482. The van der Waals surface area contributed by atoms with Gasteiger partial charge in [-0.2, -0.15) is 0 Å². The molecule has 3 rings (SSSR count). The van der Waals surface area contributed by atoms with Gasteiger partial charge in [0, 0.05) is 0 Å². The van der Waals surface area contributed by atoms with E-state index in [-0.39, 0.29) is 6.10 Å². The Morgan fingerprint density at radius 1 is 1.07 bits per heavy atom. The molecule has 0 spiro atoms. The summed E-state index contributed by atoms with van der Waals surface area (Å²) in [5.41, 5.74) is 4.70. The van der Waals surface area contributed by atoms with Gasteiger partial charge in [0.1, 0.15) is 0 Å². The molecule has 0 aromatic carbocycles. The van der Waals surface area contributed by atoms with E-state index in [0.717, 1.165) is 48.9 Å². The molecule has 3 aliphatic rings. The molecule has 1 nitrogen and oxygen atoms in total. The van der Waals surface area contributed by atoms with Crippen molar-refractivity contribution in [3.63, 3.8) is 0 Å². The fraction of sp³-hybridized carbons (Fsp3) is 0.786. The van der Waals surface area contributed by atoms with Crippen LogP contribution in [-0.2, 0) is 0 Å². The SMILES string of the molecule is C=C1CC[C@H](O)C/C1=C/C=C1\CCC[C@@]2(C)[C@@H]1CC[C@@H]2[C@H](C)CC[C@H](C)C(C)C. The van der Waals surface area contributed by atoms with Crippen LogP contribution in [0.3, 0.4) is 0 Å². The molecule has 3 saturated carbocycles. The lowest BCUT2D eigenvalue weighted by atomic mass is 9.60. The van der Waals surface area contributed by atoms with Crippen LogP contribution in [0.1, 0.15) is 98.8 Å². The molecule has 0 radical (unpaired) electrons. The van der Waals surface area contributed by atoms with E-state index in [1.807, 2.05) is 0 Å². The summed E-state index contributed by atoms with van der Waals surface area (Å²) < 4.78 is 0. The third-order valence-electron chi connectivity index (χ3n) is 9.13. The van der Waals surface area contributed by atoms with Crippen LogP contribution in [0.4, 0.5) is 0 Å². The standard InChI is InChI=1S/C28H46O/c1-19(2)20(3)9-10-22(5)26-15-16-27-23(8-7-17-28(26,27)6)12-13-24-18-25(29)14-11-21(24)4/h12-13,19-20,22,25-27,29H,4,7-11,14-18H2,1-3,5-6H3/b23-12+,24-13-/t20-,22+,25-,26+,27+,28+/m0/s1. The minimum atomic E-state index is -0.174. The number of hydrogen-bond donors (Lipinski definition) is 1. The molecular weight excluding hydrogens is 352 g/mol. The summed E-state index contributed by atoms with van der Waals surface area (Å²) in [6.45, 7) is 16.6. The van der Waals surface area contributed by atoms with Crippen molar-refractivity contribution in [2.24, 2.45) is 35.0 Å². The monoisotopic (exact) mass is 398 g/mol. The molecule has 3 aliphatic carbocycles. The van der Waals surface area contributed by atoms with Gasteiger partial charge in [0.05, 0.1) is 6.10 Å². The second-order valence-electron chi connectivity index (χ2n) is 11.3. The number of allylic oxidation sites excluding steroid dienone is 4. The molecule has 0 unspecified atom stereocenters. The molecule has 3 fully saturated rings. The van der Waals surface area contributed by atoms with E-state index >= 15 is 0 Å². The second kappa shape index (κ2) is 9.54. The highest BCUT2D eigenvalue weighted by Crippen LogP contribution is 2.60. The van der Waals surface area contributed by atoms with Crippen LogP contribution in [0.15, 0.2) is 35.5 Å². The van der Waals surface area contributed by atoms with Crippen molar-refractivity contribution in [2.75, 3.05) is 0 Å². The molecule has 0 saturated heterocycles. The maximum absolute atomic E-state index is 10.0. The van der Waals surface area contributed by atoms with E-state index in [0.29, 0.717) is 5.41 Å². The zero-order valence-electron chi connectivity index (χ0n) is 19.8. The highest BCUT2D eigenvalue weighted by molar-refractivity contribution is 5.36. The summed E-state index contributed by atoms with van der Waals surface area (Å²) in [5, 5.41) is 10.0. The lowest BCUT2D eigenvalue weighted by Gasteiger charge is -2.44. The third-order valence-corrected chi connectivity index (χ3v) is 9.13. The Balaban J connectivity index is 1.70. The van der Waals surface area contributed by atoms with Gasteiger partial charge in [-0.15, -0.1) is 0 Å². The molecular formula is C28H46O. The minimum absolute atomic E-state index is 0.174. The fourth-order valence-electron chi connectivity index (χ4n) is 6.67. The average molecular weight is 399 g/mol. The van der Waals surface area contributed by atoms with Gasteiger partial charge in [-0.1, -0.05) is 77.3 Å². The van der Waals surface area contributed by atoms with E-state index < -0.39 is 0 Å². The van der Waals surface area contributed by atoms with Gasteiger partial charge in [0.15, 0.2) is 0 Å². The Kier molecular flexibility index (Phi) is 7.52. The molecule has 0 heterocycles. The van der Waals surface area contributed by atoms with Crippen LogP contribution in [-0.4, -0.2) is 11.2 Å². The number of fused-ring (bicyclic) bond motifs is 1.